The lowest BCUT2D eigenvalue weighted by Gasteiger charge is -1.84. The predicted octanol–water partition coefficient (Wildman–Crippen LogP) is 0.490. The van der Waals surface area contributed by atoms with Gasteiger partial charge in [0.25, 0.3) is 0 Å². The molecular weight excluding hydrogens is 210 g/mol. The molecule has 0 aliphatic rings. The van der Waals surface area contributed by atoms with Gasteiger partial charge in [-0.05, 0) is 0 Å². The highest BCUT2D eigenvalue weighted by molar-refractivity contribution is 7.92. The summed E-state index contributed by atoms with van der Waals surface area (Å²) in [6, 6.07) is 0. The molecular formula is C6H5N3O2S2. The molecule has 0 atom stereocenters. The first-order chi connectivity index (χ1) is 6.07. The van der Waals surface area contributed by atoms with E-state index in [-0.39, 0.29) is 4.34 Å². The standard InChI is InChI=1S/C6H5N3O2S2/c1-13(10,11)6-9-5-4(12-6)2-7-3-8-5/h2-3H,1H3. The highest BCUT2D eigenvalue weighted by Gasteiger charge is 2.13. The molecule has 0 aliphatic carbocycles. The molecule has 0 bridgehead atoms. The smallest absolute Gasteiger partial charge is 0.211 e. The third-order valence-electron chi connectivity index (χ3n) is 1.37. The lowest BCUT2D eigenvalue weighted by Crippen LogP contribution is -1.95. The van der Waals surface area contributed by atoms with Crippen molar-refractivity contribution in [3.8, 4) is 0 Å². The van der Waals surface area contributed by atoms with Crippen LogP contribution in [-0.4, -0.2) is 29.6 Å². The van der Waals surface area contributed by atoms with Crippen LogP contribution in [0.1, 0.15) is 0 Å². The van der Waals surface area contributed by atoms with Crippen LogP contribution in [0.15, 0.2) is 16.9 Å². The summed E-state index contributed by atoms with van der Waals surface area (Å²) in [5.74, 6) is 0. The number of hydrogen-bond donors (Lipinski definition) is 0. The van der Waals surface area contributed by atoms with Crippen LogP contribution in [-0.2, 0) is 9.84 Å². The second-order valence-electron chi connectivity index (χ2n) is 2.46. The third-order valence-corrected chi connectivity index (χ3v) is 4.03. The second-order valence-corrected chi connectivity index (χ2v) is 5.68. The Morgan fingerprint density at radius 1 is 1.46 bits per heavy atom. The maximum Gasteiger partial charge on any atom is 0.211 e. The zero-order valence-corrected chi connectivity index (χ0v) is 8.26. The lowest BCUT2D eigenvalue weighted by molar-refractivity contribution is 0.601. The average molecular weight is 215 g/mol. The first-order valence-corrected chi connectivity index (χ1v) is 6.05. The fraction of sp³-hybridized carbons (Fsp3) is 0.167. The molecule has 0 amide bonds. The van der Waals surface area contributed by atoms with Gasteiger partial charge in [-0.3, -0.25) is 0 Å². The molecule has 7 heteroatoms. The number of nitrogens with zero attached hydrogens (tertiary/aromatic N) is 3. The molecule has 0 fully saturated rings. The minimum Gasteiger partial charge on any atom is -0.243 e. The molecule has 0 N–H and O–H groups in total. The third kappa shape index (κ3) is 1.52. The Bertz CT molecular complexity index is 513. The van der Waals surface area contributed by atoms with Crippen molar-refractivity contribution in [2.24, 2.45) is 0 Å². The van der Waals surface area contributed by atoms with Gasteiger partial charge < -0.3 is 0 Å². The van der Waals surface area contributed by atoms with Crippen molar-refractivity contribution < 1.29 is 8.42 Å². The molecule has 0 saturated carbocycles. The van der Waals surface area contributed by atoms with Crippen molar-refractivity contribution in [3.05, 3.63) is 12.5 Å². The Hall–Kier alpha value is -1.08. The van der Waals surface area contributed by atoms with Crippen molar-refractivity contribution in [1.29, 1.82) is 0 Å². The van der Waals surface area contributed by atoms with Crippen molar-refractivity contribution in [2.75, 3.05) is 6.26 Å². The van der Waals surface area contributed by atoms with Crippen LogP contribution in [0.4, 0.5) is 0 Å². The van der Waals surface area contributed by atoms with Crippen LogP contribution in [0.5, 0.6) is 0 Å². The molecule has 0 aliphatic heterocycles. The van der Waals surface area contributed by atoms with Gasteiger partial charge in [-0.1, -0.05) is 11.3 Å². The summed E-state index contributed by atoms with van der Waals surface area (Å²) >= 11 is 1.08. The van der Waals surface area contributed by atoms with E-state index < -0.39 is 9.84 Å². The van der Waals surface area contributed by atoms with Gasteiger partial charge in [0.2, 0.25) is 14.2 Å². The van der Waals surface area contributed by atoms with E-state index in [0.29, 0.717) is 10.3 Å². The van der Waals surface area contributed by atoms with Crippen LogP contribution in [0, 0.1) is 0 Å². The largest absolute Gasteiger partial charge is 0.243 e. The number of hydrogen-bond acceptors (Lipinski definition) is 6. The van der Waals surface area contributed by atoms with E-state index in [4.69, 9.17) is 0 Å². The van der Waals surface area contributed by atoms with E-state index in [2.05, 4.69) is 15.0 Å². The Morgan fingerprint density at radius 3 is 2.85 bits per heavy atom. The number of sulfone groups is 1. The Balaban J connectivity index is 2.77. The maximum absolute atomic E-state index is 11.1. The normalized spacial score (nSPS) is 12.1. The van der Waals surface area contributed by atoms with E-state index in [1.165, 1.54) is 6.33 Å². The number of fused-ring (bicyclic) bond motifs is 1. The average Bonchev–Trinajstić information content (AvgIpc) is 2.45. The lowest BCUT2D eigenvalue weighted by atomic mass is 10.6. The highest BCUT2D eigenvalue weighted by Crippen LogP contribution is 2.22. The first-order valence-electron chi connectivity index (χ1n) is 3.34. The summed E-state index contributed by atoms with van der Waals surface area (Å²) in [5.41, 5.74) is 0.431. The minimum absolute atomic E-state index is 0.0861. The fourth-order valence-corrected chi connectivity index (χ4v) is 2.58. The molecule has 5 nitrogen and oxygen atoms in total. The second kappa shape index (κ2) is 2.71. The molecule has 0 aromatic carbocycles. The Kier molecular flexibility index (Phi) is 1.77. The molecule has 0 radical (unpaired) electrons. The van der Waals surface area contributed by atoms with Crippen molar-refractivity contribution >= 4 is 31.5 Å². The van der Waals surface area contributed by atoms with Gasteiger partial charge in [0.05, 0.1) is 4.70 Å². The molecule has 0 unspecified atom stereocenters. The van der Waals surface area contributed by atoms with E-state index in [9.17, 15) is 8.42 Å². The summed E-state index contributed by atoms with van der Waals surface area (Å²) < 4.78 is 23.0. The van der Waals surface area contributed by atoms with Gasteiger partial charge in [0.1, 0.15) is 6.33 Å². The minimum atomic E-state index is -3.23. The van der Waals surface area contributed by atoms with Crippen molar-refractivity contribution in [2.45, 2.75) is 4.34 Å². The van der Waals surface area contributed by atoms with Crippen LogP contribution in [0.2, 0.25) is 0 Å². The van der Waals surface area contributed by atoms with Gasteiger partial charge in [-0.25, -0.2) is 23.4 Å². The van der Waals surface area contributed by atoms with E-state index in [1.54, 1.807) is 6.20 Å². The topological polar surface area (TPSA) is 72.8 Å². The van der Waals surface area contributed by atoms with Gasteiger partial charge >= 0.3 is 0 Å². The SMILES string of the molecule is CS(=O)(=O)c1nc2ncncc2s1. The molecule has 0 spiro atoms. The Labute approximate surface area is 78.4 Å². The van der Waals surface area contributed by atoms with Crippen molar-refractivity contribution in [1.82, 2.24) is 15.0 Å². The number of rotatable bonds is 1. The molecule has 2 aromatic rings. The molecule has 68 valence electrons. The highest BCUT2D eigenvalue weighted by atomic mass is 32.2. The first kappa shape index (κ1) is 8.52. The van der Waals surface area contributed by atoms with Gasteiger partial charge in [-0.2, -0.15) is 0 Å². The van der Waals surface area contributed by atoms with Gasteiger partial charge in [-0.15, -0.1) is 0 Å². The van der Waals surface area contributed by atoms with Crippen LogP contribution >= 0.6 is 11.3 Å². The quantitative estimate of drug-likeness (QED) is 0.692. The predicted molar refractivity (Wildman–Crippen MR) is 48.3 cm³/mol. The van der Waals surface area contributed by atoms with Crippen LogP contribution in [0.3, 0.4) is 0 Å². The monoisotopic (exact) mass is 215 g/mol. The maximum atomic E-state index is 11.1. The van der Waals surface area contributed by atoms with E-state index in [1.807, 2.05) is 0 Å². The van der Waals surface area contributed by atoms with E-state index >= 15 is 0 Å². The summed E-state index contributed by atoms with van der Waals surface area (Å²) in [4.78, 5) is 11.5. The van der Waals surface area contributed by atoms with Gasteiger partial charge in [0.15, 0.2) is 5.65 Å². The number of aromatic nitrogens is 3. The number of thiazole rings is 1. The summed E-state index contributed by atoms with van der Waals surface area (Å²) in [7, 11) is -3.23. The summed E-state index contributed by atoms with van der Waals surface area (Å²) in [6.45, 7) is 0. The van der Waals surface area contributed by atoms with Gasteiger partial charge in [0, 0.05) is 12.5 Å². The summed E-state index contributed by atoms with van der Waals surface area (Å²) in [5, 5.41) is 0. The molecule has 2 rings (SSSR count). The fourth-order valence-electron chi connectivity index (χ4n) is 0.828. The van der Waals surface area contributed by atoms with E-state index in [0.717, 1.165) is 17.6 Å². The molecule has 13 heavy (non-hydrogen) atoms. The molecule has 2 heterocycles. The zero-order valence-electron chi connectivity index (χ0n) is 6.63. The molecule has 0 saturated heterocycles. The zero-order chi connectivity index (χ0) is 9.47. The van der Waals surface area contributed by atoms with Crippen molar-refractivity contribution in [3.63, 3.8) is 0 Å². The van der Waals surface area contributed by atoms with Crippen LogP contribution < -0.4 is 0 Å². The van der Waals surface area contributed by atoms with Crippen LogP contribution in [0.25, 0.3) is 10.3 Å². The Morgan fingerprint density at radius 2 is 2.23 bits per heavy atom. The summed E-state index contributed by atoms with van der Waals surface area (Å²) in [6.07, 6.45) is 4.01. The molecule has 2 aromatic heterocycles.